The van der Waals surface area contributed by atoms with Gasteiger partial charge in [0.2, 0.25) is 5.88 Å². The van der Waals surface area contributed by atoms with E-state index in [0.29, 0.717) is 11.4 Å². The molecule has 0 aliphatic carbocycles. The van der Waals surface area contributed by atoms with Crippen LogP contribution in [-0.4, -0.2) is 22.4 Å². The summed E-state index contributed by atoms with van der Waals surface area (Å²) >= 11 is 1.52. The first-order chi connectivity index (χ1) is 10.9. The number of hydrogen-bond donors (Lipinski definition) is 0. The lowest BCUT2D eigenvalue weighted by atomic mass is 9.86. The van der Waals surface area contributed by atoms with Gasteiger partial charge in [-0.3, -0.25) is 4.79 Å². The van der Waals surface area contributed by atoms with Crippen molar-refractivity contribution in [2.24, 2.45) is 0 Å². The Morgan fingerprint density at radius 2 is 1.87 bits per heavy atom. The molecule has 3 aromatic rings. The van der Waals surface area contributed by atoms with Gasteiger partial charge in [-0.25, -0.2) is 9.97 Å². The van der Waals surface area contributed by atoms with Gasteiger partial charge in [0, 0.05) is 5.56 Å². The van der Waals surface area contributed by atoms with Crippen LogP contribution in [0.4, 0.5) is 0 Å². The fourth-order valence-corrected chi connectivity index (χ4v) is 2.98. The minimum Gasteiger partial charge on any atom is -0.469 e. The third kappa shape index (κ3) is 3.40. The van der Waals surface area contributed by atoms with Crippen LogP contribution in [-0.2, 0) is 5.41 Å². The summed E-state index contributed by atoms with van der Waals surface area (Å²) in [4.78, 5) is 21.4. The minimum atomic E-state index is -0.0625. The Bertz CT molecular complexity index is 832. The van der Waals surface area contributed by atoms with Crippen molar-refractivity contribution < 1.29 is 9.53 Å². The highest BCUT2D eigenvalue weighted by Crippen LogP contribution is 2.26. The molecule has 0 aliphatic heterocycles. The second-order valence-corrected chi connectivity index (χ2v) is 7.25. The molecule has 0 saturated heterocycles. The lowest BCUT2D eigenvalue weighted by molar-refractivity contribution is 0.0919. The number of rotatable bonds is 4. The maximum atomic E-state index is 12.3. The fraction of sp³-hybridized carbons (Fsp3) is 0.278. The summed E-state index contributed by atoms with van der Waals surface area (Å²) in [7, 11) is 0. The molecule has 4 nitrogen and oxygen atoms in total. The Hall–Kier alpha value is -2.27. The highest BCUT2D eigenvalue weighted by Gasteiger charge is 2.15. The van der Waals surface area contributed by atoms with E-state index in [0.717, 1.165) is 10.2 Å². The molecule has 1 aromatic carbocycles. The van der Waals surface area contributed by atoms with Gasteiger partial charge in [0.05, 0.1) is 5.39 Å². The number of nitrogens with zero attached hydrogens (tertiary/aromatic N) is 2. The zero-order chi connectivity index (χ0) is 16.4. The molecule has 0 N–H and O–H groups in total. The normalized spacial score (nSPS) is 11.6. The first-order valence-corrected chi connectivity index (χ1v) is 8.28. The molecular formula is C18H18N2O2S. The zero-order valence-corrected chi connectivity index (χ0v) is 14.2. The van der Waals surface area contributed by atoms with Crippen LogP contribution >= 0.6 is 11.3 Å². The molecule has 2 heterocycles. The number of carbonyl (C=O) groups is 1. The van der Waals surface area contributed by atoms with Gasteiger partial charge in [0.25, 0.3) is 0 Å². The van der Waals surface area contributed by atoms with E-state index >= 15 is 0 Å². The van der Waals surface area contributed by atoms with Crippen molar-refractivity contribution in [1.82, 2.24) is 9.97 Å². The molecule has 3 rings (SSSR count). The number of benzene rings is 1. The summed E-state index contributed by atoms with van der Waals surface area (Å²) in [6, 6.07) is 9.60. The van der Waals surface area contributed by atoms with Crippen LogP contribution in [0.2, 0.25) is 0 Å². The summed E-state index contributed by atoms with van der Waals surface area (Å²) in [5.41, 5.74) is 1.92. The fourth-order valence-electron chi connectivity index (χ4n) is 2.26. The predicted octanol–water partition coefficient (Wildman–Crippen LogP) is 4.25. The van der Waals surface area contributed by atoms with Crippen molar-refractivity contribution in [3.05, 3.63) is 53.2 Å². The maximum absolute atomic E-state index is 12.3. The number of hydrogen-bond acceptors (Lipinski definition) is 5. The van der Waals surface area contributed by atoms with Crippen molar-refractivity contribution in [3.63, 3.8) is 0 Å². The van der Waals surface area contributed by atoms with Crippen LogP contribution in [0.25, 0.3) is 10.2 Å². The van der Waals surface area contributed by atoms with Crippen LogP contribution in [0, 0.1) is 0 Å². The number of thiophene rings is 1. The quantitative estimate of drug-likeness (QED) is 0.673. The number of Topliss-reactive ketones (excluding diaryl/α,β-unsaturated/α-hetero) is 1. The van der Waals surface area contributed by atoms with Gasteiger partial charge in [-0.15, -0.1) is 11.3 Å². The molecule has 0 spiro atoms. The average Bonchev–Trinajstić information content (AvgIpc) is 3.01. The van der Waals surface area contributed by atoms with Gasteiger partial charge >= 0.3 is 0 Å². The summed E-state index contributed by atoms with van der Waals surface area (Å²) in [6.07, 6.45) is 1.46. The van der Waals surface area contributed by atoms with E-state index in [9.17, 15) is 4.79 Å². The minimum absolute atomic E-state index is 0.0309. The molecule has 0 fully saturated rings. The van der Waals surface area contributed by atoms with E-state index in [1.54, 1.807) is 0 Å². The van der Waals surface area contributed by atoms with Gasteiger partial charge in [0.1, 0.15) is 11.2 Å². The number of carbonyl (C=O) groups excluding carboxylic acids is 1. The molecule has 5 heteroatoms. The molecule has 0 aliphatic rings. The number of aromatic nitrogens is 2. The van der Waals surface area contributed by atoms with Crippen LogP contribution in [0.5, 0.6) is 5.88 Å². The number of fused-ring (bicyclic) bond motifs is 1. The maximum Gasteiger partial charge on any atom is 0.225 e. The predicted molar refractivity (Wildman–Crippen MR) is 92.4 cm³/mol. The van der Waals surface area contributed by atoms with Crippen LogP contribution in [0.1, 0.15) is 36.7 Å². The number of ketones is 1. The molecule has 118 valence electrons. The van der Waals surface area contributed by atoms with Crippen molar-refractivity contribution in [1.29, 1.82) is 0 Å². The zero-order valence-electron chi connectivity index (χ0n) is 13.4. The third-order valence-electron chi connectivity index (χ3n) is 3.64. The SMILES string of the molecule is CC(C)(C)c1ccc(C(=O)COc2ncnc3sccc23)cc1. The van der Waals surface area contributed by atoms with Crippen molar-refractivity contribution in [3.8, 4) is 5.88 Å². The van der Waals surface area contributed by atoms with Crippen molar-refractivity contribution in [2.75, 3.05) is 6.61 Å². The molecule has 23 heavy (non-hydrogen) atoms. The largest absolute Gasteiger partial charge is 0.469 e. The molecular weight excluding hydrogens is 308 g/mol. The highest BCUT2D eigenvalue weighted by atomic mass is 32.1. The van der Waals surface area contributed by atoms with Crippen LogP contribution < -0.4 is 4.74 Å². The number of ether oxygens (including phenoxy) is 1. The topological polar surface area (TPSA) is 52.1 Å². The van der Waals surface area contributed by atoms with Gasteiger partial charge in [-0.1, -0.05) is 45.0 Å². The van der Waals surface area contributed by atoms with Gasteiger partial charge in [-0.2, -0.15) is 0 Å². The third-order valence-corrected chi connectivity index (χ3v) is 4.46. The molecule has 2 aromatic heterocycles. The van der Waals surface area contributed by atoms with E-state index in [-0.39, 0.29) is 17.8 Å². The van der Waals surface area contributed by atoms with Crippen LogP contribution in [0.15, 0.2) is 42.0 Å². The van der Waals surface area contributed by atoms with E-state index in [1.165, 1.54) is 23.2 Å². The molecule has 0 saturated carbocycles. The lowest BCUT2D eigenvalue weighted by Crippen LogP contribution is -2.14. The monoisotopic (exact) mass is 326 g/mol. The van der Waals surface area contributed by atoms with E-state index in [2.05, 4.69) is 30.7 Å². The summed E-state index contributed by atoms with van der Waals surface area (Å²) in [5.74, 6) is 0.392. The Kier molecular flexibility index (Phi) is 4.13. The second kappa shape index (κ2) is 6.08. The Balaban J connectivity index is 1.71. The van der Waals surface area contributed by atoms with Gasteiger partial charge in [-0.05, 0) is 22.4 Å². The van der Waals surface area contributed by atoms with Gasteiger partial charge < -0.3 is 4.74 Å². The Labute approximate surface area is 139 Å². The van der Waals surface area contributed by atoms with E-state index < -0.39 is 0 Å². The summed E-state index contributed by atoms with van der Waals surface area (Å²) in [5, 5.41) is 2.77. The summed E-state index contributed by atoms with van der Waals surface area (Å²) in [6.45, 7) is 6.41. The first kappa shape index (κ1) is 15.6. The Morgan fingerprint density at radius 1 is 1.13 bits per heavy atom. The average molecular weight is 326 g/mol. The first-order valence-electron chi connectivity index (χ1n) is 7.40. The molecule has 0 bridgehead atoms. The van der Waals surface area contributed by atoms with Crippen molar-refractivity contribution in [2.45, 2.75) is 26.2 Å². The van der Waals surface area contributed by atoms with E-state index in [4.69, 9.17) is 4.74 Å². The Morgan fingerprint density at radius 3 is 2.57 bits per heavy atom. The smallest absolute Gasteiger partial charge is 0.225 e. The van der Waals surface area contributed by atoms with E-state index in [1.807, 2.05) is 35.7 Å². The van der Waals surface area contributed by atoms with Crippen molar-refractivity contribution >= 4 is 27.3 Å². The summed E-state index contributed by atoms with van der Waals surface area (Å²) < 4.78 is 5.60. The highest BCUT2D eigenvalue weighted by molar-refractivity contribution is 7.16. The standard InChI is InChI=1S/C18H18N2O2S/c1-18(2,3)13-6-4-12(5-7-13)15(21)10-22-16-14-8-9-23-17(14)20-11-19-16/h4-9,11H,10H2,1-3H3. The molecule has 0 radical (unpaired) electrons. The second-order valence-electron chi connectivity index (χ2n) is 6.36. The van der Waals surface area contributed by atoms with Crippen LogP contribution in [0.3, 0.4) is 0 Å². The van der Waals surface area contributed by atoms with Gasteiger partial charge in [0.15, 0.2) is 12.4 Å². The molecule has 0 unspecified atom stereocenters. The lowest BCUT2D eigenvalue weighted by Gasteiger charge is -2.19. The molecule has 0 atom stereocenters. The molecule has 0 amide bonds.